The first-order valence-corrected chi connectivity index (χ1v) is 9.46. The van der Waals surface area contributed by atoms with Gasteiger partial charge in [-0.05, 0) is 42.8 Å². The molecule has 9 heteroatoms. The standard InChI is InChI=1S/C20H17N5O3S/c1-11-4-3-5-14-16(11)24-20(29-14)25-17-15(21)18(23-10-22-17)28-13-8-6-12(7-9-13)19(26)27-2/h3-10H,21H2,1-2H3,(H,22,23,24,25). The average molecular weight is 407 g/mol. The molecule has 0 aliphatic carbocycles. The average Bonchev–Trinajstić information content (AvgIpc) is 3.15. The number of nitrogens with zero attached hydrogens (tertiary/aromatic N) is 3. The maximum atomic E-state index is 11.5. The van der Waals surface area contributed by atoms with Gasteiger partial charge in [-0.15, -0.1) is 0 Å². The van der Waals surface area contributed by atoms with Gasteiger partial charge in [0.15, 0.2) is 10.9 Å². The molecule has 0 radical (unpaired) electrons. The van der Waals surface area contributed by atoms with E-state index < -0.39 is 5.97 Å². The van der Waals surface area contributed by atoms with Crippen molar-refractivity contribution >= 4 is 44.2 Å². The van der Waals surface area contributed by atoms with Crippen molar-refractivity contribution in [3.8, 4) is 11.6 Å². The summed E-state index contributed by atoms with van der Waals surface area (Å²) in [5.41, 5.74) is 8.90. The third-order valence-corrected chi connectivity index (χ3v) is 5.12. The summed E-state index contributed by atoms with van der Waals surface area (Å²) in [6, 6.07) is 12.5. The zero-order valence-electron chi connectivity index (χ0n) is 15.7. The predicted molar refractivity (Wildman–Crippen MR) is 112 cm³/mol. The number of nitrogens with two attached hydrogens (primary N) is 1. The van der Waals surface area contributed by atoms with Crippen molar-refractivity contribution in [3.05, 3.63) is 59.9 Å². The fourth-order valence-corrected chi connectivity index (χ4v) is 3.63. The molecule has 4 rings (SSSR count). The lowest BCUT2D eigenvalue weighted by Crippen LogP contribution is -2.03. The van der Waals surface area contributed by atoms with E-state index in [0.29, 0.717) is 22.3 Å². The van der Waals surface area contributed by atoms with Gasteiger partial charge in [-0.3, -0.25) is 0 Å². The topological polar surface area (TPSA) is 112 Å². The Morgan fingerprint density at radius 3 is 2.66 bits per heavy atom. The van der Waals surface area contributed by atoms with Crippen LogP contribution in [-0.2, 0) is 4.74 Å². The number of nitrogens with one attached hydrogen (secondary N) is 1. The molecule has 0 saturated carbocycles. The number of thiazole rings is 1. The predicted octanol–water partition coefficient (Wildman–Crippen LogP) is 4.30. The molecular weight excluding hydrogens is 390 g/mol. The second-order valence-electron chi connectivity index (χ2n) is 6.12. The lowest BCUT2D eigenvalue weighted by molar-refractivity contribution is 0.0600. The molecule has 2 aromatic carbocycles. The number of hydrogen-bond donors (Lipinski definition) is 2. The van der Waals surface area contributed by atoms with Crippen LogP contribution in [-0.4, -0.2) is 28.0 Å². The number of rotatable bonds is 5. The van der Waals surface area contributed by atoms with Crippen molar-refractivity contribution in [3.63, 3.8) is 0 Å². The summed E-state index contributed by atoms with van der Waals surface area (Å²) >= 11 is 1.51. The highest BCUT2D eigenvalue weighted by molar-refractivity contribution is 7.22. The number of aromatic nitrogens is 3. The van der Waals surface area contributed by atoms with Crippen LogP contribution in [0.5, 0.6) is 11.6 Å². The van der Waals surface area contributed by atoms with Crippen LogP contribution in [0.4, 0.5) is 16.6 Å². The Labute approximate surface area is 170 Å². The highest BCUT2D eigenvalue weighted by Gasteiger charge is 2.14. The summed E-state index contributed by atoms with van der Waals surface area (Å²) in [5, 5.41) is 3.81. The van der Waals surface area contributed by atoms with E-state index in [1.807, 2.05) is 25.1 Å². The molecule has 146 valence electrons. The molecule has 3 N–H and O–H groups in total. The number of methoxy groups -OCH3 is 1. The third-order valence-electron chi connectivity index (χ3n) is 4.18. The monoisotopic (exact) mass is 407 g/mol. The molecule has 0 unspecified atom stereocenters. The second kappa shape index (κ2) is 7.72. The molecule has 0 atom stereocenters. The maximum absolute atomic E-state index is 11.5. The van der Waals surface area contributed by atoms with E-state index in [-0.39, 0.29) is 11.6 Å². The first-order chi connectivity index (χ1) is 14.0. The fourth-order valence-electron chi connectivity index (χ4n) is 2.69. The lowest BCUT2D eigenvalue weighted by atomic mass is 10.2. The molecule has 4 aromatic rings. The molecule has 0 amide bonds. The van der Waals surface area contributed by atoms with Gasteiger partial charge in [0.25, 0.3) is 0 Å². The van der Waals surface area contributed by atoms with E-state index in [4.69, 9.17) is 10.5 Å². The number of carbonyl (C=O) groups excluding carboxylic acids is 1. The van der Waals surface area contributed by atoms with Crippen LogP contribution in [0.25, 0.3) is 10.2 Å². The number of anilines is 3. The summed E-state index contributed by atoms with van der Waals surface area (Å²) in [6.07, 6.45) is 1.36. The van der Waals surface area contributed by atoms with E-state index in [0.717, 1.165) is 15.8 Å². The Morgan fingerprint density at radius 1 is 1.14 bits per heavy atom. The van der Waals surface area contributed by atoms with Crippen LogP contribution in [0.1, 0.15) is 15.9 Å². The van der Waals surface area contributed by atoms with Crippen LogP contribution in [0, 0.1) is 6.92 Å². The van der Waals surface area contributed by atoms with E-state index in [1.165, 1.54) is 24.8 Å². The van der Waals surface area contributed by atoms with Crippen molar-refractivity contribution in [1.82, 2.24) is 15.0 Å². The van der Waals surface area contributed by atoms with Gasteiger partial charge in [0.1, 0.15) is 17.8 Å². The van der Waals surface area contributed by atoms with E-state index >= 15 is 0 Å². The Kier molecular flexibility index (Phi) is 4.96. The number of aryl methyl sites for hydroxylation is 1. The van der Waals surface area contributed by atoms with Crippen molar-refractivity contribution in [2.75, 3.05) is 18.2 Å². The largest absolute Gasteiger partial charge is 0.465 e. The minimum absolute atomic E-state index is 0.200. The van der Waals surface area contributed by atoms with Gasteiger partial charge in [0.05, 0.1) is 22.9 Å². The van der Waals surface area contributed by atoms with Crippen LogP contribution >= 0.6 is 11.3 Å². The molecule has 0 saturated heterocycles. The third kappa shape index (κ3) is 3.81. The molecule has 2 heterocycles. The Balaban J connectivity index is 1.56. The zero-order chi connectivity index (χ0) is 20.4. The zero-order valence-corrected chi connectivity index (χ0v) is 16.5. The van der Waals surface area contributed by atoms with Crippen LogP contribution in [0.2, 0.25) is 0 Å². The van der Waals surface area contributed by atoms with E-state index in [1.54, 1.807) is 24.3 Å². The number of carbonyl (C=O) groups is 1. The normalized spacial score (nSPS) is 10.7. The van der Waals surface area contributed by atoms with Gasteiger partial charge < -0.3 is 20.5 Å². The van der Waals surface area contributed by atoms with Crippen LogP contribution in [0.3, 0.4) is 0 Å². The molecule has 8 nitrogen and oxygen atoms in total. The van der Waals surface area contributed by atoms with Crippen molar-refractivity contribution in [1.29, 1.82) is 0 Å². The summed E-state index contributed by atoms with van der Waals surface area (Å²) in [4.78, 5) is 24.4. The number of esters is 1. The minimum atomic E-state index is -0.421. The number of fused-ring (bicyclic) bond motifs is 1. The SMILES string of the molecule is COC(=O)c1ccc(Oc2ncnc(Nc3nc4c(C)cccc4s3)c2N)cc1. The quantitative estimate of drug-likeness (QED) is 0.471. The molecule has 0 aliphatic rings. The highest BCUT2D eigenvalue weighted by atomic mass is 32.1. The van der Waals surface area contributed by atoms with Crippen LogP contribution < -0.4 is 15.8 Å². The summed E-state index contributed by atoms with van der Waals surface area (Å²) in [7, 11) is 1.33. The summed E-state index contributed by atoms with van der Waals surface area (Å²) in [5.74, 6) is 0.656. The minimum Gasteiger partial charge on any atom is -0.465 e. The molecule has 0 aliphatic heterocycles. The number of hydrogen-bond acceptors (Lipinski definition) is 9. The highest BCUT2D eigenvalue weighted by Crippen LogP contribution is 2.34. The van der Waals surface area contributed by atoms with E-state index in [2.05, 4.69) is 25.0 Å². The van der Waals surface area contributed by atoms with Crippen molar-refractivity contribution in [2.45, 2.75) is 6.92 Å². The smallest absolute Gasteiger partial charge is 0.337 e. The summed E-state index contributed by atoms with van der Waals surface area (Å²) < 4.78 is 11.5. The van der Waals surface area contributed by atoms with Gasteiger partial charge in [0.2, 0.25) is 5.88 Å². The molecule has 2 aromatic heterocycles. The lowest BCUT2D eigenvalue weighted by Gasteiger charge is -2.10. The number of nitrogen functional groups attached to an aromatic ring is 1. The molecular formula is C20H17N5O3S. The molecule has 29 heavy (non-hydrogen) atoms. The first-order valence-electron chi connectivity index (χ1n) is 8.65. The molecule has 0 spiro atoms. The molecule has 0 bridgehead atoms. The Hall–Kier alpha value is -3.72. The van der Waals surface area contributed by atoms with Crippen molar-refractivity contribution in [2.24, 2.45) is 0 Å². The number of ether oxygens (including phenoxy) is 2. The second-order valence-corrected chi connectivity index (χ2v) is 7.16. The summed E-state index contributed by atoms with van der Waals surface area (Å²) in [6.45, 7) is 2.02. The van der Waals surface area contributed by atoms with E-state index in [9.17, 15) is 4.79 Å². The number of para-hydroxylation sites is 1. The molecule has 0 fully saturated rings. The number of benzene rings is 2. The fraction of sp³-hybridized carbons (Fsp3) is 0.100. The van der Waals surface area contributed by atoms with Gasteiger partial charge in [-0.25, -0.2) is 14.8 Å². The Morgan fingerprint density at radius 2 is 1.93 bits per heavy atom. The van der Waals surface area contributed by atoms with Gasteiger partial charge >= 0.3 is 5.97 Å². The van der Waals surface area contributed by atoms with Gasteiger partial charge in [-0.1, -0.05) is 23.5 Å². The van der Waals surface area contributed by atoms with Crippen LogP contribution in [0.15, 0.2) is 48.8 Å². The Bertz CT molecular complexity index is 1190. The first kappa shape index (κ1) is 18.6. The van der Waals surface area contributed by atoms with Gasteiger partial charge in [-0.2, -0.15) is 4.98 Å². The van der Waals surface area contributed by atoms with Gasteiger partial charge in [0, 0.05) is 0 Å². The maximum Gasteiger partial charge on any atom is 0.337 e. The van der Waals surface area contributed by atoms with Crippen molar-refractivity contribution < 1.29 is 14.3 Å².